The van der Waals surface area contributed by atoms with E-state index in [1.54, 1.807) is 0 Å². The molecular formula is C19H34O. The van der Waals surface area contributed by atoms with Gasteiger partial charge in [0, 0.05) is 0 Å². The molecule has 1 heterocycles. The summed E-state index contributed by atoms with van der Waals surface area (Å²) in [6.07, 6.45) is 21.7. The molecule has 1 aliphatic carbocycles. The average Bonchev–Trinajstić information content (AvgIpc) is 2.41. The van der Waals surface area contributed by atoms with E-state index < -0.39 is 0 Å². The van der Waals surface area contributed by atoms with Crippen molar-refractivity contribution in [1.29, 1.82) is 0 Å². The Labute approximate surface area is 126 Å². The normalized spacial score (nSPS) is 37.9. The largest absolute Gasteiger partial charge is 0.368 e. The number of allylic oxidation sites excluding steroid dienone is 1. The van der Waals surface area contributed by atoms with Crippen LogP contribution in [0.25, 0.3) is 0 Å². The molecule has 2 aliphatic rings. The van der Waals surface area contributed by atoms with E-state index in [9.17, 15) is 0 Å². The Morgan fingerprint density at radius 2 is 1.45 bits per heavy atom. The Balaban J connectivity index is 1.93. The van der Waals surface area contributed by atoms with Crippen LogP contribution in [0.5, 0.6) is 0 Å². The molecule has 0 bridgehead atoms. The highest BCUT2D eigenvalue weighted by Gasteiger charge is 2.36. The first-order valence-corrected chi connectivity index (χ1v) is 9.05. The molecule has 3 unspecified atom stereocenters. The van der Waals surface area contributed by atoms with E-state index in [0.29, 0.717) is 6.10 Å². The second-order valence-corrected chi connectivity index (χ2v) is 7.17. The maximum atomic E-state index is 6.54. The van der Waals surface area contributed by atoms with Crippen LogP contribution in [-0.2, 0) is 4.74 Å². The fourth-order valence-corrected chi connectivity index (χ4v) is 4.07. The van der Waals surface area contributed by atoms with Gasteiger partial charge in [-0.2, -0.15) is 0 Å². The molecule has 0 aromatic carbocycles. The van der Waals surface area contributed by atoms with Crippen molar-refractivity contribution in [1.82, 2.24) is 0 Å². The van der Waals surface area contributed by atoms with Crippen LogP contribution in [0.1, 0.15) is 90.9 Å². The van der Waals surface area contributed by atoms with Gasteiger partial charge in [-0.05, 0) is 45.4 Å². The van der Waals surface area contributed by atoms with Crippen molar-refractivity contribution < 1.29 is 4.74 Å². The SMILES string of the molecule is C/C=C\C1(C)CCC2CCCCCCCCCCC2O1. The summed E-state index contributed by atoms with van der Waals surface area (Å²) in [4.78, 5) is 0. The summed E-state index contributed by atoms with van der Waals surface area (Å²) in [5.41, 5.74) is 0.00693. The van der Waals surface area contributed by atoms with Crippen molar-refractivity contribution in [3.63, 3.8) is 0 Å². The van der Waals surface area contributed by atoms with Crippen molar-refractivity contribution >= 4 is 0 Å². The van der Waals surface area contributed by atoms with Gasteiger partial charge in [0.15, 0.2) is 0 Å². The lowest BCUT2D eigenvalue weighted by Gasteiger charge is -2.42. The van der Waals surface area contributed by atoms with E-state index >= 15 is 0 Å². The van der Waals surface area contributed by atoms with Crippen LogP contribution in [0, 0.1) is 5.92 Å². The zero-order valence-corrected chi connectivity index (χ0v) is 13.7. The third-order valence-corrected chi connectivity index (χ3v) is 5.29. The van der Waals surface area contributed by atoms with E-state index in [-0.39, 0.29) is 5.60 Å². The lowest BCUT2D eigenvalue weighted by molar-refractivity contribution is -0.123. The number of hydrogen-bond acceptors (Lipinski definition) is 1. The maximum absolute atomic E-state index is 6.54. The second kappa shape index (κ2) is 8.22. The summed E-state index contributed by atoms with van der Waals surface area (Å²) in [6, 6.07) is 0. The molecule has 0 amide bonds. The lowest BCUT2D eigenvalue weighted by Crippen LogP contribution is -2.41. The zero-order chi connectivity index (χ0) is 14.3. The van der Waals surface area contributed by atoms with Crippen LogP contribution < -0.4 is 0 Å². The highest BCUT2D eigenvalue weighted by Crippen LogP contribution is 2.38. The number of fused-ring (bicyclic) bond motifs is 1. The van der Waals surface area contributed by atoms with Gasteiger partial charge in [-0.3, -0.25) is 0 Å². The molecule has 20 heavy (non-hydrogen) atoms. The van der Waals surface area contributed by atoms with E-state index in [2.05, 4.69) is 26.0 Å². The number of rotatable bonds is 1. The Morgan fingerprint density at radius 1 is 0.850 bits per heavy atom. The third kappa shape index (κ3) is 4.91. The molecule has 1 heteroatoms. The molecule has 0 N–H and O–H groups in total. The standard InChI is InChI=1S/C19H34O/c1-3-15-19(2)16-14-17-12-10-8-6-4-5-7-9-11-13-18(17)20-19/h3,15,17-18H,4-14,16H2,1-2H3/b15-3-. The molecule has 0 aromatic rings. The molecule has 0 aromatic heterocycles. The van der Waals surface area contributed by atoms with Gasteiger partial charge in [0.05, 0.1) is 11.7 Å². The van der Waals surface area contributed by atoms with Crippen LogP contribution in [0.15, 0.2) is 12.2 Å². The molecule has 116 valence electrons. The monoisotopic (exact) mass is 278 g/mol. The molecule has 0 radical (unpaired) electrons. The van der Waals surface area contributed by atoms with Crippen molar-refractivity contribution in [3.05, 3.63) is 12.2 Å². The van der Waals surface area contributed by atoms with Gasteiger partial charge < -0.3 is 4.74 Å². The fourth-order valence-electron chi connectivity index (χ4n) is 4.07. The van der Waals surface area contributed by atoms with Crippen LogP contribution in [0.3, 0.4) is 0 Å². The van der Waals surface area contributed by atoms with Crippen molar-refractivity contribution in [2.75, 3.05) is 0 Å². The maximum Gasteiger partial charge on any atom is 0.0838 e. The van der Waals surface area contributed by atoms with E-state index in [0.717, 1.165) is 5.92 Å². The predicted octanol–water partition coefficient (Wildman–Crippen LogP) is 6.03. The first-order valence-electron chi connectivity index (χ1n) is 9.05. The average molecular weight is 278 g/mol. The summed E-state index contributed by atoms with van der Waals surface area (Å²) < 4.78 is 6.54. The minimum atomic E-state index is 0.00693. The molecule has 3 atom stereocenters. The molecule has 1 nitrogen and oxygen atoms in total. The first kappa shape index (κ1) is 16.1. The van der Waals surface area contributed by atoms with Crippen molar-refractivity contribution in [2.45, 2.75) is 103 Å². The number of ether oxygens (including phenoxy) is 1. The highest BCUT2D eigenvalue weighted by molar-refractivity contribution is 5.01. The lowest BCUT2D eigenvalue weighted by atomic mass is 9.80. The Hall–Kier alpha value is -0.300. The molecule has 2 rings (SSSR count). The number of hydrogen-bond donors (Lipinski definition) is 0. The Morgan fingerprint density at radius 3 is 2.10 bits per heavy atom. The minimum Gasteiger partial charge on any atom is -0.368 e. The molecule has 1 aliphatic heterocycles. The van der Waals surface area contributed by atoms with Gasteiger partial charge in [-0.1, -0.05) is 63.5 Å². The van der Waals surface area contributed by atoms with Gasteiger partial charge >= 0.3 is 0 Å². The summed E-state index contributed by atoms with van der Waals surface area (Å²) in [5, 5.41) is 0. The van der Waals surface area contributed by atoms with Gasteiger partial charge in [0.1, 0.15) is 0 Å². The van der Waals surface area contributed by atoms with Crippen LogP contribution in [-0.4, -0.2) is 11.7 Å². The molecule has 1 saturated heterocycles. The topological polar surface area (TPSA) is 9.23 Å². The Kier molecular flexibility index (Phi) is 6.61. The van der Waals surface area contributed by atoms with Gasteiger partial charge in [0.2, 0.25) is 0 Å². The van der Waals surface area contributed by atoms with E-state index in [1.807, 2.05) is 0 Å². The summed E-state index contributed by atoms with van der Waals surface area (Å²) in [6.45, 7) is 4.39. The van der Waals surface area contributed by atoms with Crippen LogP contribution in [0.2, 0.25) is 0 Å². The van der Waals surface area contributed by atoms with E-state index in [1.165, 1.54) is 77.0 Å². The Bertz CT molecular complexity index is 296. The van der Waals surface area contributed by atoms with Gasteiger partial charge in [-0.25, -0.2) is 0 Å². The summed E-state index contributed by atoms with van der Waals surface area (Å²) in [5.74, 6) is 0.827. The summed E-state index contributed by atoms with van der Waals surface area (Å²) in [7, 11) is 0. The van der Waals surface area contributed by atoms with Crippen LogP contribution >= 0.6 is 0 Å². The molecule has 2 fully saturated rings. The van der Waals surface area contributed by atoms with E-state index in [4.69, 9.17) is 4.74 Å². The minimum absolute atomic E-state index is 0.00693. The van der Waals surface area contributed by atoms with Crippen LogP contribution in [0.4, 0.5) is 0 Å². The smallest absolute Gasteiger partial charge is 0.0838 e. The first-order chi connectivity index (χ1) is 9.73. The second-order valence-electron chi connectivity index (χ2n) is 7.17. The quantitative estimate of drug-likeness (QED) is 0.532. The molecular weight excluding hydrogens is 244 g/mol. The van der Waals surface area contributed by atoms with Gasteiger partial charge in [0.25, 0.3) is 0 Å². The fraction of sp³-hybridized carbons (Fsp3) is 0.895. The van der Waals surface area contributed by atoms with Crippen molar-refractivity contribution in [2.24, 2.45) is 5.92 Å². The molecule has 0 spiro atoms. The zero-order valence-electron chi connectivity index (χ0n) is 13.7. The third-order valence-electron chi connectivity index (χ3n) is 5.29. The van der Waals surface area contributed by atoms with Crippen molar-refractivity contribution in [3.8, 4) is 0 Å². The predicted molar refractivity (Wildman–Crippen MR) is 87.0 cm³/mol. The summed E-state index contributed by atoms with van der Waals surface area (Å²) >= 11 is 0. The van der Waals surface area contributed by atoms with Gasteiger partial charge in [-0.15, -0.1) is 0 Å². The molecule has 1 saturated carbocycles. The highest BCUT2D eigenvalue weighted by atomic mass is 16.5.